The maximum absolute atomic E-state index is 11.7. The van der Waals surface area contributed by atoms with E-state index in [2.05, 4.69) is 16.6 Å². The van der Waals surface area contributed by atoms with E-state index in [4.69, 9.17) is 0 Å². The molecule has 0 unspecified atom stereocenters. The van der Waals surface area contributed by atoms with Crippen LogP contribution in [0.1, 0.15) is 26.3 Å². The fourth-order valence-corrected chi connectivity index (χ4v) is 0.884. The molecule has 0 atom stereocenters. The van der Waals surface area contributed by atoms with Gasteiger partial charge in [-0.3, -0.25) is 0 Å². The van der Waals surface area contributed by atoms with E-state index in [1.165, 1.54) is 24.3 Å². The van der Waals surface area contributed by atoms with E-state index in [1.807, 2.05) is 13.8 Å². The van der Waals surface area contributed by atoms with Crippen molar-refractivity contribution in [2.75, 3.05) is 0 Å². The van der Waals surface area contributed by atoms with Crippen LogP contribution in [0.5, 0.6) is 5.75 Å². The molecule has 0 aliphatic carbocycles. The Morgan fingerprint density at radius 2 is 1.56 bits per heavy atom. The molecule has 0 amide bonds. The molecular weight excluding hydrogens is 217 g/mol. The SMILES string of the molecule is CC.CC#Cc1ccc(OC(F)(F)F)cc1. The second-order valence-electron chi connectivity index (χ2n) is 2.45. The van der Waals surface area contributed by atoms with Crippen LogP contribution >= 0.6 is 0 Å². The quantitative estimate of drug-likeness (QED) is 0.663. The molecule has 0 bridgehead atoms. The van der Waals surface area contributed by atoms with Crippen molar-refractivity contribution in [3.63, 3.8) is 0 Å². The van der Waals surface area contributed by atoms with Crippen molar-refractivity contribution in [1.82, 2.24) is 0 Å². The molecule has 4 heteroatoms. The molecule has 1 rings (SSSR count). The summed E-state index contributed by atoms with van der Waals surface area (Å²) in [5.41, 5.74) is 0.655. The Balaban J connectivity index is 0.00000106. The van der Waals surface area contributed by atoms with Gasteiger partial charge >= 0.3 is 6.36 Å². The normalized spacial score (nSPS) is 9.38. The van der Waals surface area contributed by atoms with Crippen molar-refractivity contribution in [3.05, 3.63) is 29.8 Å². The van der Waals surface area contributed by atoms with Crippen molar-refractivity contribution < 1.29 is 17.9 Å². The monoisotopic (exact) mass is 230 g/mol. The summed E-state index contributed by atoms with van der Waals surface area (Å²) in [4.78, 5) is 0. The van der Waals surface area contributed by atoms with Crippen LogP contribution in [0.15, 0.2) is 24.3 Å². The summed E-state index contributed by atoms with van der Waals surface area (Å²) in [6.07, 6.45) is -4.64. The van der Waals surface area contributed by atoms with Gasteiger partial charge in [-0.1, -0.05) is 19.8 Å². The Kier molecular flexibility index (Phi) is 6.09. The van der Waals surface area contributed by atoms with Gasteiger partial charge < -0.3 is 4.74 Å². The minimum absolute atomic E-state index is 0.237. The van der Waals surface area contributed by atoms with Crippen LogP contribution in [0.4, 0.5) is 13.2 Å². The highest BCUT2D eigenvalue weighted by atomic mass is 19.4. The topological polar surface area (TPSA) is 9.23 Å². The van der Waals surface area contributed by atoms with Gasteiger partial charge in [0, 0.05) is 5.56 Å². The summed E-state index contributed by atoms with van der Waals surface area (Å²) in [6, 6.07) is 5.40. The summed E-state index contributed by atoms with van der Waals surface area (Å²) >= 11 is 0. The van der Waals surface area contributed by atoms with E-state index in [1.54, 1.807) is 6.92 Å². The van der Waals surface area contributed by atoms with E-state index in [0.717, 1.165) is 0 Å². The van der Waals surface area contributed by atoms with Crippen LogP contribution in [0.3, 0.4) is 0 Å². The Morgan fingerprint density at radius 3 is 1.94 bits per heavy atom. The molecule has 88 valence electrons. The molecule has 0 fully saturated rings. The van der Waals surface area contributed by atoms with Gasteiger partial charge in [0.25, 0.3) is 0 Å². The number of alkyl halides is 3. The maximum Gasteiger partial charge on any atom is 0.573 e. The van der Waals surface area contributed by atoms with Gasteiger partial charge in [-0.25, -0.2) is 0 Å². The molecule has 0 aromatic heterocycles. The zero-order valence-corrected chi connectivity index (χ0v) is 9.35. The van der Waals surface area contributed by atoms with Gasteiger partial charge in [0.15, 0.2) is 0 Å². The predicted octanol–water partition coefficient (Wildman–Crippen LogP) is 3.98. The van der Waals surface area contributed by atoms with Crippen LogP contribution in [0.25, 0.3) is 0 Å². The summed E-state index contributed by atoms with van der Waals surface area (Å²) in [5.74, 6) is 5.11. The van der Waals surface area contributed by atoms with Crippen LogP contribution in [0, 0.1) is 11.8 Å². The number of rotatable bonds is 1. The average molecular weight is 230 g/mol. The first-order valence-electron chi connectivity index (χ1n) is 4.80. The Labute approximate surface area is 93.2 Å². The number of hydrogen-bond donors (Lipinski definition) is 0. The van der Waals surface area contributed by atoms with E-state index < -0.39 is 6.36 Å². The van der Waals surface area contributed by atoms with Crippen molar-refractivity contribution in [3.8, 4) is 17.6 Å². The van der Waals surface area contributed by atoms with Crippen molar-refractivity contribution in [2.45, 2.75) is 27.1 Å². The third-order valence-electron chi connectivity index (χ3n) is 1.36. The molecule has 0 N–H and O–H groups in total. The van der Waals surface area contributed by atoms with Gasteiger partial charge in [-0.05, 0) is 31.2 Å². The molecule has 16 heavy (non-hydrogen) atoms. The van der Waals surface area contributed by atoms with E-state index in [9.17, 15) is 13.2 Å². The number of hydrogen-bond acceptors (Lipinski definition) is 1. The zero-order chi connectivity index (χ0) is 12.6. The van der Waals surface area contributed by atoms with Crippen LogP contribution in [0.2, 0.25) is 0 Å². The number of ether oxygens (including phenoxy) is 1. The predicted molar refractivity (Wildman–Crippen MR) is 57.0 cm³/mol. The minimum Gasteiger partial charge on any atom is -0.406 e. The fourth-order valence-electron chi connectivity index (χ4n) is 0.884. The number of benzene rings is 1. The van der Waals surface area contributed by atoms with E-state index in [0.29, 0.717) is 5.56 Å². The molecule has 0 aliphatic rings. The van der Waals surface area contributed by atoms with Gasteiger partial charge in [-0.2, -0.15) is 0 Å². The Morgan fingerprint density at radius 1 is 1.06 bits per heavy atom. The summed E-state index contributed by atoms with van der Waals surface area (Å²) in [6.45, 7) is 5.65. The lowest BCUT2D eigenvalue weighted by Crippen LogP contribution is -2.16. The fraction of sp³-hybridized carbons (Fsp3) is 0.333. The lowest BCUT2D eigenvalue weighted by molar-refractivity contribution is -0.274. The lowest BCUT2D eigenvalue weighted by atomic mass is 10.2. The summed E-state index contributed by atoms with van der Waals surface area (Å²) < 4.78 is 38.9. The van der Waals surface area contributed by atoms with Crippen molar-refractivity contribution >= 4 is 0 Å². The summed E-state index contributed by atoms with van der Waals surface area (Å²) in [5, 5.41) is 0. The molecule has 0 saturated heterocycles. The van der Waals surface area contributed by atoms with Gasteiger partial charge in [0.05, 0.1) is 0 Å². The Bertz CT molecular complexity index is 355. The third-order valence-corrected chi connectivity index (χ3v) is 1.36. The smallest absolute Gasteiger partial charge is 0.406 e. The summed E-state index contributed by atoms with van der Waals surface area (Å²) in [7, 11) is 0. The highest BCUT2D eigenvalue weighted by Gasteiger charge is 2.30. The molecule has 0 radical (unpaired) electrons. The third kappa shape index (κ3) is 5.97. The van der Waals surface area contributed by atoms with Gasteiger partial charge in [0.1, 0.15) is 5.75 Å². The Hall–Kier alpha value is -1.63. The van der Waals surface area contributed by atoms with E-state index in [-0.39, 0.29) is 5.75 Å². The molecule has 1 nitrogen and oxygen atoms in total. The van der Waals surface area contributed by atoms with Crippen LogP contribution in [-0.2, 0) is 0 Å². The molecule has 0 spiro atoms. The molecule has 0 heterocycles. The second kappa shape index (κ2) is 6.78. The first-order valence-corrected chi connectivity index (χ1v) is 4.80. The number of halogens is 3. The molecule has 1 aromatic carbocycles. The lowest BCUT2D eigenvalue weighted by Gasteiger charge is -2.07. The highest BCUT2D eigenvalue weighted by molar-refractivity contribution is 5.37. The molecule has 0 saturated carbocycles. The van der Waals surface area contributed by atoms with E-state index >= 15 is 0 Å². The minimum atomic E-state index is -4.64. The first kappa shape index (κ1) is 14.4. The maximum atomic E-state index is 11.7. The van der Waals surface area contributed by atoms with Crippen LogP contribution in [-0.4, -0.2) is 6.36 Å². The largest absolute Gasteiger partial charge is 0.573 e. The second-order valence-corrected chi connectivity index (χ2v) is 2.45. The zero-order valence-electron chi connectivity index (χ0n) is 9.35. The van der Waals surface area contributed by atoms with Gasteiger partial charge in [0.2, 0.25) is 0 Å². The van der Waals surface area contributed by atoms with Crippen molar-refractivity contribution in [2.24, 2.45) is 0 Å². The standard InChI is InChI=1S/C10H7F3O.C2H6/c1-2-3-8-4-6-9(7-5-8)14-10(11,12)13;1-2/h4-7H,1H3;1-2H3. The first-order chi connectivity index (χ1) is 7.51. The average Bonchev–Trinajstić information content (AvgIpc) is 2.22. The molecular formula is C12H13F3O. The van der Waals surface area contributed by atoms with Crippen LogP contribution < -0.4 is 4.74 Å². The molecule has 1 aromatic rings. The molecule has 0 aliphatic heterocycles. The highest BCUT2D eigenvalue weighted by Crippen LogP contribution is 2.22. The van der Waals surface area contributed by atoms with Crippen molar-refractivity contribution in [1.29, 1.82) is 0 Å². The van der Waals surface area contributed by atoms with Gasteiger partial charge in [-0.15, -0.1) is 19.1 Å².